The van der Waals surface area contributed by atoms with Crippen LogP contribution in [0.15, 0.2) is 12.7 Å². The van der Waals surface area contributed by atoms with Crippen molar-refractivity contribution in [3.8, 4) is 0 Å². The molecule has 0 unspecified atom stereocenters. The van der Waals surface area contributed by atoms with Crippen molar-refractivity contribution in [1.82, 2.24) is 0 Å². The van der Waals surface area contributed by atoms with Crippen LogP contribution in [-0.2, 0) is 0 Å². The molecule has 0 aliphatic heterocycles. The Kier molecular flexibility index (Phi) is 8.51. The molecular formula is C10H19. The van der Waals surface area contributed by atoms with Crippen molar-refractivity contribution in [3.05, 3.63) is 19.1 Å². The van der Waals surface area contributed by atoms with Crippen LogP contribution in [0.2, 0.25) is 0 Å². The van der Waals surface area contributed by atoms with Gasteiger partial charge >= 0.3 is 0 Å². The molecule has 0 atom stereocenters. The van der Waals surface area contributed by atoms with Gasteiger partial charge in [0.2, 0.25) is 0 Å². The molecule has 0 heteroatoms. The maximum absolute atomic E-state index is 3.67. The fourth-order valence-corrected chi connectivity index (χ4v) is 0.919. The lowest BCUT2D eigenvalue weighted by Crippen LogP contribution is -1.77. The van der Waals surface area contributed by atoms with Gasteiger partial charge in [0.15, 0.2) is 0 Å². The van der Waals surface area contributed by atoms with Crippen molar-refractivity contribution in [2.75, 3.05) is 0 Å². The van der Waals surface area contributed by atoms with Gasteiger partial charge in [0.25, 0.3) is 0 Å². The van der Waals surface area contributed by atoms with E-state index < -0.39 is 0 Å². The third kappa shape index (κ3) is 7.74. The fraction of sp³-hybridized carbons (Fsp3) is 0.700. The molecule has 0 fully saturated rings. The fourth-order valence-electron chi connectivity index (χ4n) is 0.919. The summed E-state index contributed by atoms with van der Waals surface area (Å²) in [4.78, 5) is 0. The second kappa shape index (κ2) is 8.74. The molecule has 0 aliphatic rings. The van der Waals surface area contributed by atoms with Gasteiger partial charge < -0.3 is 0 Å². The molecule has 0 rings (SSSR count). The predicted octanol–water partition coefficient (Wildman–Crippen LogP) is 3.74. The van der Waals surface area contributed by atoms with E-state index in [1.807, 2.05) is 6.08 Å². The zero-order valence-corrected chi connectivity index (χ0v) is 7.10. The van der Waals surface area contributed by atoms with Gasteiger partial charge in [-0.3, -0.25) is 0 Å². The highest BCUT2D eigenvalue weighted by atomic mass is 13.9. The van der Waals surface area contributed by atoms with E-state index in [1.54, 1.807) is 0 Å². The van der Waals surface area contributed by atoms with E-state index in [-0.39, 0.29) is 0 Å². The highest BCUT2D eigenvalue weighted by Gasteiger charge is 1.86. The van der Waals surface area contributed by atoms with Crippen LogP contribution in [0.5, 0.6) is 0 Å². The molecule has 10 heavy (non-hydrogen) atoms. The summed E-state index contributed by atoms with van der Waals surface area (Å²) in [6.45, 7) is 5.91. The lowest BCUT2D eigenvalue weighted by molar-refractivity contribution is 0.692. The first-order valence-electron chi connectivity index (χ1n) is 4.34. The van der Waals surface area contributed by atoms with Gasteiger partial charge in [-0.25, -0.2) is 0 Å². The first kappa shape index (κ1) is 9.74. The van der Waals surface area contributed by atoms with Crippen LogP contribution >= 0.6 is 0 Å². The average molecular weight is 139 g/mol. The molecule has 0 bridgehead atoms. The molecular weight excluding hydrogens is 120 g/mol. The molecule has 0 nitrogen and oxygen atoms in total. The monoisotopic (exact) mass is 139 g/mol. The van der Waals surface area contributed by atoms with E-state index in [9.17, 15) is 0 Å². The van der Waals surface area contributed by atoms with Gasteiger partial charge in [-0.05, 0) is 19.3 Å². The average Bonchev–Trinajstić information content (AvgIpc) is 1.97. The summed E-state index contributed by atoms with van der Waals surface area (Å²) >= 11 is 0. The third-order valence-electron chi connectivity index (χ3n) is 1.59. The zero-order chi connectivity index (χ0) is 7.66. The van der Waals surface area contributed by atoms with Crippen molar-refractivity contribution in [2.45, 2.75) is 45.4 Å². The Morgan fingerprint density at radius 2 is 1.90 bits per heavy atom. The lowest BCUT2D eigenvalue weighted by Gasteiger charge is -1.96. The van der Waals surface area contributed by atoms with Gasteiger partial charge in [-0.2, -0.15) is 0 Å². The summed E-state index contributed by atoms with van der Waals surface area (Å²) in [5, 5.41) is 0. The van der Waals surface area contributed by atoms with E-state index in [0.29, 0.717) is 0 Å². The molecule has 0 aromatic carbocycles. The summed E-state index contributed by atoms with van der Waals surface area (Å²) in [7, 11) is 0. The number of allylic oxidation sites excluding steroid dienone is 1. The smallest absolute Gasteiger partial charge is 0.0351 e. The van der Waals surface area contributed by atoms with Gasteiger partial charge in [-0.1, -0.05) is 38.7 Å². The van der Waals surface area contributed by atoms with Crippen molar-refractivity contribution in [1.29, 1.82) is 0 Å². The van der Waals surface area contributed by atoms with Crippen molar-refractivity contribution in [3.63, 3.8) is 0 Å². The summed E-state index contributed by atoms with van der Waals surface area (Å²) < 4.78 is 0. The second-order valence-corrected chi connectivity index (χ2v) is 2.65. The highest BCUT2D eigenvalue weighted by molar-refractivity contribution is 4.73. The van der Waals surface area contributed by atoms with Crippen LogP contribution in [0, 0.1) is 6.42 Å². The second-order valence-electron chi connectivity index (χ2n) is 2.65. The summed E-state index contributed by atoms with van der Waals surface area (Å²) in [5.74, 6) is 0. The molecule has 0 aromatic heterocycles. The lowest BCUT2D eigenvalue weighted by atomic mass is 10.1. The minimum Gasteiger partial charge on any atom is -0.103 e. The predicted molar refractivity (Wildman–Crippen MR) is 47.9 cm³/mol. The SMILES string of the molecule is C=CCC[CH]CCCCC. The molecule has 0 spiro atoms. The van der Waals surface area contributed by atoms with Crippen molar-refractivity contribution < 1.29 is 0 Å². The van der Waals surface area contributed by atoms with Crippen LogP contribution < -0.4 is 0 Å². The maximum Gasteiger partial charge on any atom is -0.0351 e. The maximum atomic E-state index is 3.67. The van der Waals surface area contributed by atoms with Gasteiger partial charge in [0, 0.05) is 0 Å². The molecule has 0 aliphatic carbocycles. The molecule has 1 radical (unpaired) electrons. The Morgan fingerprint density at radius 1 is 1.10 bits per heavy atom. The van der Waals surface area contributed by atoms with Crippen LogP contribution in [0.4, 0.5) is 0 Å². The summed E-state index contributed by atoms with van der Waals surface area (Å²) in [6, 6.07) is 0. The van der Waals surface area contributed by atoms with Crippen LogP contribution in [-0.4, -0.2) is 0 Å². The Hall–Kier alpha value is -0.260. The van der Waals surface area contributed by atoms with Crippen LogP contribution in [0.25, 0.3) is 0 Å². The minimum absolute atomic E-state index is 1.14. The van der Waals surface area contributed by atoms with Gasteiger partial charge in [0.05, 0.1) is 0 Å². The summed E-state index contributed by atoms with van der Waals surface area (Å²) in [5.41, 5.74) is 0. The quantitative estimate of drug-likeness (QED) is 0.372. The number of hydrogen-bond donors (Lipinski definition) is 0. The first-order valence-corrected chi connectivity index (χ1v) is 4.34. The first-order chi connectivity index (χ1) is 4.91. The van der Waals surface area contributed by atoms with Crippen molar-refractivity contribution in [2.24, 2.45) is 0 Å². The Labute approximate surface area is 65.3 Å². The number of hydrogen-bond acceptors (Lipinski definition) is 0. The minimum atomic E-state index is 1.14. The summed E-state index contributed by atoms with van der Waals surface area (Å²) in [6.07, 6.45) is 12.1. The molecule has 0 saturated carbocycles. The van der Waals surface area contributed by atoms with E-state index in [4.69, 9.17) is 0 Å². The largest absolute Gasteiger partial charge is 0.103 e. The van der Waals surface area contributed by atoms with Crippen LogP contribution in [0.1, 0.15) is 45.4 Å². The van der Waals surface area contributed by atoms with E-state index in [2.05, 4.69) is 19.9 Å². The van der Waals surface area contributed by atoms with E-state index >= 15 is 0 Å². The molecule has 0 saturated heterocycles. The molecule has 0 amide bonds. The van der Waals surface area contributed by atoms with Crippen LogP contribution in [0.3, 0.4) is 0 Å². The van der Waals surface area contributed by atoms with Gasteiger partial charge in [0.1, 0.15) is 0 Å². The Morgan fingerprint density at radius 3 is 2.50 bits per heavy atom. The Bertz CT molecular complexity index is 64.4. The normalized spacial score (nSPS) is 9.70. The topological polar surface area (TPSA) is 0 Å². The molecule has 59 valence electrons. The highest BCUT2D eigenvalue weighted by Crippen LogP contribution is 2.05. The van der Waals surface area contributed by atoms with Gasteiger partial charge in [-0.15, -0.1) is 6.58 Å². The third-order valence-corrected chi connectivity index (χ3v) is 1.59. The van der Waals surface area contributed by atoms with Crippen molar-refractivity contribution >= 4 is 0 Å². The standard InChI is InChI=1S/C10H19/c1-3-5-7-9-10-8-6-4-2/h3,9H,1,4-8,10H2,2H3. The molecule has 0 aromatic rings. The molecule has 0 N–H and O–H groups in total. The van der Waals surface area contributed by atoms with E-state index in [1.165, 1.54) is 32.1 Å². The number of rotatable bonds is 7. The molecule has 0 heterocycles. The Balaban J connectivity index is 2.70. The zero-order valence-electron chi connectivity index (χ0n) is 7.10. The van der Waals surface area contributed by atoms with E-state index in [0.717, 1.165) is 6.42 Å². The number of unbranched alkanes of at least 4 members (excludes halogenated alkanes) is 6.